The Balaban J connectivity index is 1.31. The largest absolute Gasteiger partial charge is 0.494 e. The summed E-state index contributed by atoms with van der Waals surface area (Å²) in [4.78, 5) is 49.1. The molecule has 0 bridgehead atoms. The number of anilines is 2. The van der Waals surface area contributed by atoms with Crippen molar-refractivity contribution in [1.29, 1.82) is 0 Å². The Kier molecular flexibility index (Phi) is 7.28. The van der Waals surface area contributed by atoms with Crippen molar-refractivity contribution in [2.75, 3.05) is 36.1 Å². The van der Waals surface area contributed by atoms with Crippen LogP contribution < -0.4 is 14.5 Å². The first-order valence-corrected chi connectivity index (χ1v) is 16.4. The van der Waals surface area contributed by atoms with Gasteiger partial charge >= 0.3 is 0 Å². The molecule has 4 heterocycles. The minimum absolute atomic E-state index is 0.150. The molecule has 0 aromatic heterocycles. The van der Waals surface area contributed by atoms with Crippen molar-refractivity contribution >= 4 is 51.6 Å². The molecule has 1 unspecified atom stereocenters. The van der Waals surface area contributed by atoms with Crippen LogP contribution in [0.4, 0.5) is 11.4 Å². The van der Waals surface area contributed by atoms with Crippen LogP contribution in [0.3, 0.4) is 0 Å². The number of hydrogen-bond acceptors (Lipinski definition) is 6. The van der Waals surface area contributed by atoms with Crippen molar-refractivity contribution in [1.82, 2.24) is 4.90 Å². The summed E-state index contributed by atoms with van der Waals surface area (Å²) in [5, 5.41) is 12.4. The predicted molar refractivity (Wildman–Crippen MR) is 177 cm³/mol. The summed E-state index contributed by atoms with van der Waals surface area (Å²) in [6.07, 6.45) is 8.03. The minimum atomic E-state index is -0.996. The van der Waals surface area contributed by atoms with Gasteiger partial charge in [0.1, 0.15) is 11.8 Å². The lowest BCUT2D eigenvalue weighted by atomic mass is 9.74. The zero-order chi connectivity index (χ0) is 31.5. The molecule has 2 fully saturated rings. The summed E-state index contributed by atoms with van der Waals surface area (Å²) in [6, 6.07) is 19.9. The molecule has 6 atom stereocenters. The summed E-state index contributed by atoms with van der Waals surface area (Å²) < 4.78 is 3.88. The molecule has 1 N–H and O–H groups in total. The molecule has 0 saturated carbocycles. The third kappa shape index (κ3) is 4.50. The molecular formula is C36H37N3O5S. The highest BCUT2D eigenvalue weighted by molar-refractivity contribution is 8.02. The Hall–Kier alpha value is -4.08. The summed E-state index contributed by atoms with van der Waals surface area (Å²) in [5.41, 5.74) is 1.47. The second kappa shape index (κ2) is 11.1. The highest BCUT2D eigenvalue weighted by atomic mass is 32.2. The topological polar surface area (TPSA) is 90.4 Å². The maximum absolute atomic E-state index is 14.8. The molecule has 2 saturated heterocycles. The van der Waals surface area contributed by atoms with E-state index in [0.29, 0.717) is 19.7 Å². The van der Waals surface area contributed by atoms with Crippen molar-refractivity contribution in [2.45, 2.75) is 42.3 Å². The number of aliphatic hydroxyl groups is 1. The number of rotatable bonds is 6. The monoisotopic (exact) mass is 623 g/mol. The van der Waals surface area contributed by atoms with Crippen molar-refractivity contribution < 1.29 is 24.2 Å². The first-order valence-electron chi connectivity index (χ1n) is 15.6. The quantitative estimate of drug-likeness (QED) is 0.397. The van der Waals surface area contributed by atoms with E-state index in [2.05, 4.69) is 6.08 Å². The molecule has 232 valence electrons. The van der Waals surface area contributed by atoms with Gasteiger partial charge < -0.3 is 24.5 Å². The normalized spacial score (nSPS) is 29.8. The van der Waals surface area contributed by atoms with Gasteiger partial charge in [0.2, 0.25) is 11.8 Å². The smallest absolute Gasteiger partial charge is 0.251 e. The molecule has 1 spiro atoms. The highest BCUT2D eigenvalue weighted by Crippen LogP contribution is 2.66. The number of aliphatic hydroxyl groups excluding tert-OH is 1. The minimum Gasteiger partial charge on any atom is -0.494 e. The van der Waals surface area contributed by atoms with E-state index in [1.54, 1.807) is 33.4 Å². The highest BCUT2D eigenvalue weighted by Gasteiger charge is 2.74. The summed E-state index contributed by atoms with van der Waals surface area (Å²) in [5.74, 6) is -1.41. The number of amides is 3. The number of likely N-dealkylation sites (tertiary alicyclic amines) is 1. The predicted octanol–water partition coefficient (Wildman–Crippen LogP) is 4.81. The fourth-order valence-corrected chi connectivity index (χ4v) is 9.86. The van der Waals surface area contributed by atoms with Crippen LogP contribution >= 0.6 is 11.8 Å². The molecule has 4 aliphatic rings. The van der Waals surface area contributed by atoms with Crippen LogP contribution in [0.5, 0.6) is 5.75 Å². The van der Waals surface area contributed by atoms with Crippen LogP contribution in [0.25, 0.3) is 10.8 Å². The maximum atomic E-state index is 14.8. The van der Waals surface area contributed by atoms with E-state index in [1.165, 1.54) is 0 Å². The summed E-state index contributed by atoms with van der Waals surface area (Å²) >= 11 is 1.54. The van der Waals surface area contributed by atoms with Crippen LogP contribution in [0.1, 0.15) is 20.8 Å². The molecule has 0 radical (unpaired) electrons. The molecule has 3 aromatic carbocycles. The third-order valence-electron chi connectivity index (χ3n) is 9.74. The number of ether oxygens (including phenoxy) is 1. The first kappa shape index (κ1) is 29.6. The van der Waals surface area contributed by atoms with E-state index in [1.807, 2.05) is 98.8 Å². The van der Waals surface area contributed by atoms with E-state index in [0.717, 1.165) is 27.9 Å². The van der Waals surface area contributed by atoms with E-state index in [-0.39, 0.29) is 24.3 Å². The molecule has 45 heavy (non-hydrogen) atoms. The molecule has 3 aromatic rings. The average Bonchev–Trinajstić information content (AvgIpc) is 3.32. The summed E-state index contributed by atoms with van der Waals surface area (Å²) in [6.45, 7) is 6.66. The van der Waals surface area contributed by atoms with Crippen molar-refractivity contribution in [3.63, 3.8) is 0 Å². The Labute approximate surface area is 267 Å². The number of thioether (sulfide) groups is 1. The summed E-state index contributed by atoms with van der Waals surface area (Å²) in [7, 11) is 0. The van der Waals surface area contributed by atoms with Crippen LogP contribution in [-0.2, 0) is 14.4 Å². The maximum Gasteiger partial charge on any atom is 0.251 e. The molecule has 9 heteroatoms. The van der Waals surface area contributed by atoms with E-state index < -0.39 is 33.4 Å². The van der Waals surface area contributed by atoms with E-state index in [4.69, 9.17) is 4.74 Å². The fourth-order valence-electron chi connectivity index (χ4n) is 7.72. The molecule has 0 aliphatic carbocycles. The zero-order valence-electron chi connectivity index (χ0n) is 25.6. The van der Waals surface area contributed by atoms with Gasteiger partial charge in [-0.25, -0.2) is 0 Å². The van der Waals surface area contributed by atoms with Gasteiger partial charge in [-0.3, -0.25) is 14.4 Å². The lowest BCUT2D eigenvalue weighted by Gasteiger charge is -2.38. The number of nitrogens with zero attached hydrogens (tertiary/aromatic N) is 3. The first-order chi connectivity index (χ1) is 21.7. The standard InChI is InChI=1S/C36H37N3O5S/c1-4-44-28-15-13-26(14-16-28)37-19-7-17-35(3)29(32(37)41)30-33(42)39(23(2)22-40)31-34(43)38(20-8-18-36(30,31)45-35)27-12-11-24-9-5-6-10-25(24)21-27/h5-18,21,23,29-31,40H,4,19-20,22H2,1-3H3/t23-,29-,30+,31?,35+,36+/m1/s1. The van der Waals surface area contributed by atoms with Gasteiger partial charge in [-0.2, -0.15) is 0 Å². The van der Waals surface area contributed by atoms with Gasteiger partial charge in [0.15, 0.2) is 0 Å². The van der Waals surface area contributed by atoms with Gasteiger partial charge in [0.05, 0.1) is 35.8 Å². The van der Waals surface area contributed by atoms with Crippen molar-refractivity contribution in [2.24, 2.45) is 11.8 Å². The fraction of sp³-hybridized carbons (Fsp3) is 0.361. The Morgan fingerprint density at radius 1 is 0.867 bits per heavy atom. The van der Waals surface area contributed by atoms with Crippen LogP contribution in [0.15, 0.2) is 91.0 Å². The molecule has 4 aliphatic heterocycles. The second-order valence-electron chi connectivity index (χ2n) is 12.4. The van der Waals surface area contributed by atoms with Gasteiger partial charge in [-0.1, -0.05) is 54.6 Å². The molecule has 8 nitrogen and oxygen atoms in total. The average molecular weight is 624 g/mol. The molecular weight excluding hydrogens is 586 g/mol. The van der Waals surface area contributed by atoms with Gasteiger partial charge in [0.25, 0.3) is 5.91 Å². The molecule has 7 rings (SSSR count). The number of carbonyl (C=O) groups excluding carboxylic acids is 3. The van der Waals surface area contributed by atoms with Gasteiger partial charge in [0, 0.05) is 29.2 Å². The van der Waals surface area contributed by atoms with Crippen LogP contribution in [0.2, 0.25) is 0 Å². The van der Waals surface area contributed by atoms with Gasteiger partial charge in [-0.05, 0) is 67.9 Å². The zero-order valence-corrected chi connectivity index (χ0v) is 26.4. The lowest BCUT2D eigenvalue weighted by molar-refractivity contribution is -0.141. The number of hydrogen-bond donors (Lipinski definition) is 1. The van der Waals surface area contributed by atoms with Crippen molar-refractivity contribution in [3.05, 3.63) is 91.0 Å². The SMILES string of the molecule is CCOc1ccc(N2CC=C[C@]3(C)S[C@]45C=CCN(c6ccc7ccccc7c6)C(=O)C4N([C@H](C)CO)C(=O)[C@@H]5[C@@H]3C2=O)cc1. The van der Waals surface area contributed by atoms with E-state index in [9.17, 15) is 19.5 Å². The second-order valence-corrected chi connectivity index (χ2v) is 14.2. The van der Waals surface area contributed by atoms with Crippen LogP contribution in [0, 0.1) is 11.8 Å². The van der Waals surface area contributed by atoms with Crippen LogP contribution in [-0.4, -0.2) is 75.6 Å². The number of benzene rings is 3. The van der Waals surface area contributed by atoms with Crippen molar-refractivity contribution in [3.8, 4) is 5.75 Å². The Bertz CT molecular complexity index is 1740. The Morgan fingerprint density at radius 2 is 1.53 bits per heavy atom. The third-order valence-corrected chi connectivity index (χ3v) is 11.5. The Morgan fingerprint density at radius 3 is 2.24 bits per heavy atom. The van der Waals surface area contributed by atoms with E-state index >= 15 is 0 Å². The van der Waals surface area contributed by atoms with Gasteiger partial charge in [-0.15, -0.1) is 11.8 Å². The number of fused-ring (bicyclic) bond motifs is 3. The lowest BCUT2D eigenvalue weighted by Crippen LogP contribution is -2.56. The molecule has 3 amide bonds. The number of carbonyl (C=O) groups is 3.